The summed E-state index contributed by atoms with van der Waals surface area (Å²) in [6.07, 6.45) is 3.00. The Morgan fingerprint density at radius 2 is 2.04 bits per heavy atom. The highest BCUT2D eigenvalue weighted by Crippen LogP contribution is 2.33. The van der Waals surface area contributed by atoms with Crippen LogP contribution in [0, 0.1) is 11.3 Å². The van der Waals surface area contributed by atoms with Gasteiger partial charge in [-0.15, -0.1) is 0 Å². The van der Waals surface area contributed by atoms with E-state index in [1.165, 1.54) is 0 Å². The van der Waals surface area contributed by atoms with Crippen molar-refractivity contribution in [1.29, 1.82) is 5.26 Å². The van der Waals surface area contributed by atoms with Gasteiger partial charge in [0.15, 0.2) is 0 Å². The van der Waals surface area contributed by atoms with Crippen molar-refractivity contribution in [2.45, 2.75) is 25.3 Å². The quantitative estimate of drug-likeness (QED) is 0.861. The largest absolute Gasteiger partial charge is 0.497 e. The van der Waals surface area contributed by atoms with E-state index in [-0.39, 0.29) is 11.9 Å². The highest BCUT2D eigenvalue weighted by molar-refractivity contribution is 5.97. The number of benzene rings is 2. The van der Waals surface area contributed by atoms with Crippen molar-refractivity contribution >= 4 is 5.91 Å². The number of piperidine rings is 1. The molecule has 4 heteroatoms. The van der Waals surface area contributed by atoms with Crippen LogP contribution in [0.4, 0.5) is 0 Å². The summed E-state index contributed by atoms with van der Waals surface area (Å²) in [5, 5.41) is 9.28. The van der Waals surface area contributed by atoms with Gasteiger partial charge in [-0.25, -0.2) is 0 Å². The van der Waals surface area contributed by atoms with Crippen LogP contribution in [0.5, 0.6) is 5.75 Å². The molecule has 0 N–H and O–H groups in total. The zero-order chi connectivity index (χ0) is 16.9. The number of rotatable bonds is 3. The van der Waals surface area contributed by atoms with Gasteiger partial charge in [0.1, 0.15) is 5.75 Å². The molecule has 0 spiro atoms. The molecule has 0 bridgehead atoms. The van der Waals surface area contributed by atoms with Gasteiger partial charge in [0, 0.05) is 6.54 Å². The first-order valence-corrected chi connectivity index (χ1v) is 8.18. The summed E-state index contributed by atoms with van der Waals surface area (Å²) in [6.45, 7) is 0.709. The van der Waals surface area contributed by atoms with Crippen LogP contribution in [0.3, 0.4) is 0 Å². The van der Waals surface area contributed by atoms with Crippen molar-refractivity contribution in [3.8, 4) is 11.8 Å². The van der Waals surface area contributed by atoms with Gasteiger partial charge in [0.2, 0.25) is 0 Å². The first-order chi connectivity index (χ1) is 11.7. The fraction of sp³-hybridized carbons (Fsp3) is 0.300. The molecule has 0 aliphatic carbocycles. The number of nitrogens with zero attached hydrogens (tertiary/aromatic N) is 2. The van der Waals surface area contributed by atoms with Gasteiger partial charge in [-0.05, 0) is 49.1 Å². The number of nitriles is 1. The van der Waals surface area contributed by atoms with Crippen LogP contribution >= 0.6 is 0 Å². The van der Waals surface area contributed by atoms with Crippen LogP contribution < -0.4 is 4.74 Å². The molecule has 4 nitrogen and oxygen atoms in total. The third-order valence-electron chi connectivity index (χ3n) is 4.52. The molecule has 1 heterocycles. The second-order valence-electron chi connectivity index (χ2n) is 5.94. The Bertz CT molecular complexity index is 779. The minimum atomic E-state index is -0.0698. The summed E-state index contributed by atoms with van der Waals surface area (Å²) in [5.74, 6) is 0.725. The van der Waals surface area contributed by atoms with Gasteiger partial charge in [0.25, 0.3) is 5.91 Å². The molecular weight excluding hydrogens is 300 g/mol. The summed E-state index contributed by atoms with van der Waals surface area (Å²) < 4.78 is 5.32. The maximum absolute atomic E-state index is 13.1. The molecule has 0 unspecified atom stereocenters. The molecule has 2 aromatic rings. The van der Waals surface area contributed by atoms with Crippen LogP contribution in [-0.4, -0.2) is 24.5 Å². The first kappa shape index (κ1) is 16.1. The van der Waals surface area contributed by atoms with E-state index >= 15 is 0 Å². The number of methoxy groups -OCH3 is 1. The third kappa shape index (κ3) is 3.11. The number of likely N-dealkylation sites (tertiary alicyclic amines) is 1. The number of carbonyl (C=O) groups is 1. The van der Waals surface area contributed by atoms with E-state index in [4.69, 9.17) is 4.74 Å². The maximum Gasteiger partial charge on any atom is 0.255 e. The van der Waals surface area contributed by atoms with E-state index in [0.717, 1.165) is 30.6 Å². The van der Waals surface area contributed by atoms with Crippen molar-refractivity contribution < 1.29 is 9.53 Å². The van der Waals surface area contributed by atoms with Crippen molar-refractivity contribution in [3.05, 3.63) is 65.2 Å². The Morgan fingerprint density at radius 1 is 1.21 bits per heavy atom. The molecule has 0 radical (unpaired) electrons. The fourth-order valence-electron chi connectivity index (χ4n) is 3.29. The SMILES string of the molecule is COc1cccc([C@H]2CCCCN2C(=O)c2ccccc2C#N)c1. The lowest BCUT2D eigenvalue weighted by atomic mass is 9.93. The lowest BCUT2D eigenvalue weighted by Gasteiger charge is -2.36. The summed E-state index contributed by atoms with van der Waals surface area (Å²) in [4.78, 5) is 15.0. The summed E-state index contributed by atoms with van der Waals surface area (Å²) in [6, 6.07) is 17.0. The van der Waals surface area contributed by atoms with Gasteiger partial charge in [-0.2, -0.15) is 5.26 Å². The third-order valence-corrected chi connectivity index (χ3v) is 4.52. The zero-order valence-electron chi connectivity index (χ0n) is 13.7. The van der Waals surface area contributed by atoms with E-state index in [1.54, 1.807) is 31.4 Å². The van der Waals surface area contributed by atoms with Gasteiger partial charge >= 0.3 is 0 Å². The molecule has 1 aliphatic rings. The second-order valence-corrected chi connectivity index (χ2v) is 5.94. The van der Waals surface area contributed by atoms with Crippen LogP contribution in [0.1, 0.15) is 46.8 Å². The fourth-order valence-corrected chi connectivity index (χ4v) is 3.29. The van der Waals surface area contributed by atoms with Crippen LogP contribution in [0.15, 0.2) is 48.5 Å². The minimum Gasteiger partial charge on any atom is -0.497 e. The Labute approximate surface area is 142 Å². The van der Waals surface area contributed by atoms with Crippen molar-refractivity contribution in [2.24, 2.45) is 0 Å². The summed E-state index contributed by atoms with van der Waals surface area (Å²) >= 11 is 0. The predicted molar refractivity (Wildman–Crippen MR) is 91.8 cm³/mol. The molecule has 1 saturated heterocycles. The zero-order valence-corrected chi connectivity index (χ0v) is 13.7. The normalized spacial score (nSPS) is 17.2. The molecular formula is C20H20N2O2. The van der Waals surface area contributed by atoms with Gasteiger partial charge in [-0.1, -0.05) is 24.3 Å². The number of amides is 1. The topological polar surface area (TPSA) is 53.3 Å². The van der Waals surface area contributed by atoms with Crippen LogP contribution in [0.2, 0.25) is 0 Å². The Morgan fingerprint density at radius 3 is 2.83 bits per heavy atom. The molecule has 0 aromatic heterocycles. The molecule has 1 aliphatic heterocycles. The standard InChI is InChI=1S/C20H20N2O2/c1-24-17-9-6-8-15(13-17)19-11-4-5-12-22(19)20(23)18-10-3-2-7-16(18)14-21/h2-3,6-10,13,19H,4-5,11-12H2,1H3/t19-/m1/s1. The molecule has 1 fully saturated rings. The molecule has 3 rings (SSSR count). The van der Waals surface area contributed by atoms with Crippen LogP contribution in [0.25, 0.3) is 0 Å². The number of hydrogen-bond donors (Lipinski definition) is 0. The lowest BCUT2D eigenvalue weighted by molar-refractivity contribution is 0.0611. The number of hydrogen-bond acceptors (Lipinski definition) is 3. The van der Waals surface area contributed by atoms with E-state index in [2.05, 4.69) is 6.07 Å². The average Bonchev–Trinajstić information content (AvgIpc) is 2.67. The summed E-state index contributed by atoms with van der Waals surface area (Å²) in [7, 11) is 1.64. The van der Waals surface area contributed by atoms with Gasteiger partial charge in [0.05, 0.1) is 30.3 Å². The van der Waals surface area contributed by atoms with Gasteiger partial charge in [-0.3, -0.25) is 4.79 Å². The smallest absolute Gasteiger partial charge is 0.255 e. The maximum atomic E-state index is 13.1. The van der Waals surface area contributed by atoms with E-state index in [0.29, 0.717) is 17.7 Å². The molecule has 1 atom stereocenters. The van der Waals surface area contributed by atoms with E-state index < -0.39 is 0 Å². The highest BCUT2D eigenvalue weighted by atomic mass is 16.5. The molecule has 0 saturated carbocycles. The van der Waals surface area contributed by atoms with Crippen molar-refractivity contribution in [3.63, 3.8) is 0 Å². The van der Waals surface area contributed by atoms with Gasteiger partial charge < -0.3 is 9.64 Å². The van der Waals surface area contributed by atoms with E-state index in [1.807, 2.05) is 29.2 Å². The number of carbonyl (C=O) groups excluding carboxylic acids is 1. The average molecular weight is 320 g/mol. The molecule has 2 aromatic carbocycles. The van der Waals surface area contributed by atoms with Crippen molar-refractivity contribution in [1.82, 2.24) is 4.90 Å². The number of ether oxygens (including phenoxy) is 1. The lowest BCUT2D eigenvalue weighted by Crippen LogP contribution is -2.38. The van der Waals surface area contributed by atoms with Crippen LogP contribution in [-0.2, 0) is 0 Å². The monoisotopic (exact) mass is 320 g/mol. The van der Waals surface area contributed by atoms with E-state index in [9.17, 15) is 10.1 Å². The minimum absolute atomic E-state index is 0.0214. The molecule has 122 valence electrons. The second kappa shape index (κ2) is 7.18. The first-order valence-electron chi connectivity index (χ1n) is 8.18. The Balaban J connectivity index is 1.95. The molecule has 24 heavy (non-hydrogen) atoms. The molecule has 1 amide bonds. The Hall–Kier alpha value is -2.80. The Kier molecular flexibility index (Phi) is 4.81. The summed E-state index contributed by atoms with van der Waals surface area (Å²) in [5.41, 5.74) is 1.99. The highest BCUT2D eigenvalue weighted by Gasteiger charge is 2.29. The predicted octanol–water partition coefficient (Wildman–Crippen LogP) is 3.93. The van der Waals surface area contributed by atoms with Crippen molar-refractivity contribution in [2.75, 3.05) is 13.7 Å².